The molecule has 0 unspecified atom stereocenters. The van der Waals surface area contributed by atoms with Crippen LogP contribution in [-0.4, -0.2) is 55.8 Å². The molecule has 0 aliphatic carbocycles. The Hall–Kier alpha value is -2.14. The van der Waals surface area contributed by atoms with Gasteiger partial charge in [-0.15, -0.1) is 0 Å². The first-order valence-corrected chi connectivity index (χ1v) is 11.9. The molecular formula is C21H23ClF3N3O3S. The van der Waals surface area contributed by atoms with Gasteiger partial charge in [0.1, 0.15) is 0 Å². The van der Waals surface area contributed by atoms with E-state index >= 15 is 0 Å². The van der Waals surface area contributed by atoms with E-state index in [9.17, 15) is 26.4 Å². The molecule has 1 N–H and O–H groups in total. The zero-order valence-electron chi connectivity index (χ0n) is 17.3. The lowest BCUT2D eigenvalue weighted by molar-refractivity contribution is -0.137. The number of amides is 1. The molecular weight excluding hydrogens is 467 g/mol. The first-order valence-electron chi connectivity index (χ1n) is 9.91. The lowest BCUT2D eigenvalue weighted by Crippen LogP contribution is -2.54. The van der Waals surface area contributed by atoms with Crippen LogP contribution in [-0.2, 0) is 26.7 Å². The van der Waals surface area contributed by atoms with Gasteiger partial charge in [0.05, 0.1) is 23.0 Å². The Bertz CT molecular complexity index is 1060. The predicted molar refractivity (Wildman–Crippen MR) is 117 cm³/mol. The van der Waals surface area contributed by atoms with E-state index in [1.54, 1.807) is 36.1 Å². The van der Waals surface area contributed by atoms with Crippen molar-refractivity contribution in [3.8, 4) is 0 Å². The van der Waals surface area contributed by atoms with Crippen LogP contribution in [0.5, 0.6) is 0 Å². The van der Waals surface area contributed by atoms with E-state index in [1.807, 2.05) is 6.07 Å². The molecule has 1 atom stereocenters. The highest BCUT2D eigenvalue weighted by Crippen LogP contribution is 2.36. The van der Waals surface area contributed by atoms with Crippen LogP contribution in [0, 0.1) is 0 Å². The van der Waals surface area contributed by atoms with Gasteiger partial charge in [-0.1, -0.05) is 41.9 Å². The number of hydrogen-bond acceptors (Lipinski definition) is 4. The molecule has 1 fully saturated rings. The topological polar surface area (TPSA) is 69.7 Å². The highest BCUT2D eigenvalue weighted by Gasteiger charge is 2.35. The summed E-state index contributed by atoms with van der Waals surface area (Å²) in [5.74, 6) is -0.723. The van der Waals surface area contributed by atoms with Crippen molar-refractivity contribution in [3.63, 3.8) is 0 Å². The van der Waals surface area contributed by atoms with Crippen LogP contribution in [0.2, 0.25) is 5.02 Å². The average Bonchev–Trinajstić information content (AvgIpc) is 2.74. The zero-order valence-corrected chi connectivity index (χ0v) is 18.8. The minimum Gasteiger partial charge on any atom is -0.324 e. The molecule has 1 heterocycles. The number of sulfonamides is 1. The monoisotopic (exact) mass is 489 g/mol. The molecule has 1 aliphatic heterocycles. The van der Waals surface area contributed by atoms with Gasteiger partial charge in [0.25, 0.3) is 0 Å². The fourth-order valence-electron chi connectivity index (χ4n) is 3.51. The summed E-state index contributed by atoms with van der Waals surface area (Å²) in [5, 5.41) is 2.24. The van der Waals surface area contributed by atoms with Crippen molar-refractivity contribution in [2.24, 2.45) is 0 Å². The van der Waals surface area contributed by atoms with Crippen LogP contribution in [0.4, 0.5) is 18.9 Å². The Morgan fingerprint density at radius 1 is 1.09 bits per heavy atom. The molecule has 2 aromatic carbocycles. The van der Waals surface area contributed by atoms with Gasteiger partial charge in [-0.05, 0) is 30.7 Å². The number of nitrogens with one attached hydrogen (secondary N) is 1. The van der Waals surface area contributed by atoms with Crippen molar-refractivity contribution in [2.75, 3.05) is 31.5 Å². The van der Waals surface area contributed by atoms with Crippen LogP contribution in [0.25, 0.3) is 0 Å². The van der Waals surface area contributed by atoms with Crippen molar-refractivity contribution in [2.45, 2.75) is 24.9 Å². The van der Waals surface area contributed by atoms with Crippen molar-refractivity contribution in [3.05, 3.63) is 64.7 Å². The molecule has 0 bridgehead atoms. The number of halogens is 4. The summed E-state index contributed by atoms with van der Waals surface area (Å²) in [7, 11) is -3.51. The Morgan fingerprint density at radius 2 is 1.72 bits per heavy atom. The summed E-state index contributed by atoms with van der Waals surface area (Å²) in [6, 6.07) is 11.2. The lowest BCUT2D eigenvalue weighted by Gasteiger charge is -2.36. The summed E-state index contributed by atoms with van der Waals surface area (Å²) in [5.41, 5.74) is -0.712. The van der Waals surface area contributed by atoms with E-state index in [2.05, 4.69) is 5.32 Å². The minimum absolute atomic E-state index is 0.0868. The SMILES string of the molecule is C[C@H](C(=O)Nc1ccc(Cl)cc1C(F)(F)F)N1CCN(S(=O)(=O)Cc2ccccc2)CC1. The molecule has 0 spiro atoms. The summed E-state index contributed by atoms with van der Waals surface area (Å²) in [4.78, 5) is 14.4. The number of rotatable bonds is 6. The van der Waals surface area contributed by atoms with Crippen LogP contribution >= 0.6 is 11.6 Å². The van der Waals surface area contributed by atoms with Gasteiger partial charge in [0.15, 0.2) is 0 Å². The van der Waals surface area contributed by atoms with E-state index < -0.39 is 33.7 Å². The molecule has 3 rings (SSSR count). The Morgan fingerprint density at radius 3 is 2.31 bits per heavy atom. The van der Waals surface area contributed by atoms with Crippen LogP contribution in [0.3, 0.4) is 0 Å². The second-order valence-corrected chi connectivity index (χ2v) is 9.94. The second-order valence-electron chi connectivity index (χ2n) is 7.53. The Kier molecular flexibility index (Phi) is 7.49. The third-order valence-corrected chi connectivity index (χ3v) is 7.42. The molecule has 1 saturated heterocycles. The first-order chi connectivity index (χ1) is 15.0. The molecule has 1 amide bonds. The number of carbonyl (C=O) groups excluding carboxylic acids is 1. The van der Waals surface area contributed by atoms with Gasteiger partial charge in [0.2, 0.25) is 15.9 Å². The number of carbonyl (C=O) groups is 1. The van der Waals surface area contributed by atoms with E-state index in [0.29, 0.717) is 5.56 Å². The third kappa shape index (κ3) is 6.00. The summed E-state index contributed by atoms with van der Waals surface area (Å²) < 4.78 is 66.5. The van der Waals surface area contributed by atoms with E-state index in [0.717, 1.165) is 12.1 Å². The van der Waals surface area contributed by atoms with E-state index in [1.165, 1.54) is 10.4 Å². The van der Waals surface area contributed by atoms with Gasteiger partial charge in [-0.25, -0.2) is 8.42 Å². The summed E-state index contributed by atoms with van der Waals surface area (Å²) in [6.45, 7) is 2.54. The smallest absolute Gasteiger partial charge is 0.324 e. The van der Waals surface area contributed by atoms with Crippen molar-refractivity contribution >= 4 is 33.2 Å². The molecule has 174 valence electrons. The van der Waals surface area contributed by atoms with Gasteiger partial charge in [-0.3, -0.25) is 9.69 Å². The van der Waals surface area contributed by atoms with Crippen LogP contribution in [0.15, 0.2) is 48.5 Å². The number of hydrogen-bond donors (Lipinski definition) is 1. The average molecular weight is 490 g/mol. The second kappa shape index (κ2) is 9.78. The number of alkyl halides is 3. The molecule has 32 heavy (non-hydrogen) atoms. The van der Waals surface area contributed by atoms with Gasteiger partial charge in [-0.2, -0.15) is 17.5 Å². The van der Waals surface area contributed by atoms with Gasteiger partial charge >= 0.3 is 6.18 Å². The Labute approximate surface area is 190 Å². The zero-order chi connectivity index (χ0) is 23.5. The van der Waals surface area contributed by atoms with Crippen molar-refractivity contribution < 1.29 is 26.4 Å². The van der Waals surface area contributed by atoms with Crippen molar-refractivity contribution in [1.82, 2.24) is 9.21 Å². The summed E-state index contributed by atoms with van der Waals surface area (Å²) >= 11 is 5.67. The normalized spacial score (nSPS) is 17.2. The van der Waals surface area contributed by atoms with Gasteiger partial charge in [0, 0.05) is 31.2 Å². The highest BCUT2D eigenvalue weighted by atomic mass is 35.5. The highest BCUT2D eigenvalue weighted by molar-refractivity contribution is 7.88. The maximum atomic E-state index is 13.3. The summed E-state index contributed by atoms with van der Waals surface area (Å²) in [6.07, 6.45) is -4.67. The maximum Gasteiger partial charge on any atom is 0.418 e. The predicted octanol–water partition coefficient (Wildman–Crippen LogP) is 3.83. The van der Waals surface area contributed by atoms with Crippen LogP contribution in [0.1, 0.15) is 18.1 Å². The minimum atomic E-state index is -4.67. The molecule has 6 nitrogen and oxygen atoms in total. The molecule has 2 aromatic rings. The lowest BCUT2D eigenvalue weighted by atomic mass is 10.1. The van der Waals surface area contributed by atoms with E-state index in [-0.39, 0.29) is 42.6 Å². The molecule has 1 aliphatic rings. The third-order valence-electron chi connectivity index (χ3n) is 5.33. The number of piperazine rings is 1. The van der Waals surface area contributed by atoms with Gasteiger partial charge < -0.3 is 5.32 Å². The number of anilines is 1. The fourth-order valence-corrected chi connectivity index (χ4v) is 5.20. The van der Waals surface area contributed by atoms with Crippen LogP contribution < -0.4 is 5.32 Å². The molecule has 0 saturated carbocycles. The maximum absolute atomic E-state index is 13.3. The molecule has 0 aromatic heterocycles. The molecule has 0 radical (unpaired) electrons. The molecule has 11 heteroatoms. The fraction of sp³-hybridized carbons (Fsp3) is 0.381. The van der Waals surface area contributed by atoms with E-state index in [4.69, 9.17) is 11.6 Å². The number of benzene rings is 2. The number of nitrogens with zero attached hydrogens (tertiary/aromatic N) is 2. The first kappa shape index (κ1) is 24.5. The quantitative estimate of drug-likeness (QED) is 0.669. The standard InChI is InChI=1S/C21H23ClF3N3O3S/c1-15(20(29)26-19-8-7-17(22)13-18(19)21(23,24)25)27-9-11-28(12-10-27)32(30,31)14-16-5-3-2-4-6-16/h2-8,13,15H,9-12,14H2,1H3,(H,26,29)/t15-/m1/s1. The Balaban J connectivity index is 1.61. The van der Waals surface area contributed by atoms with Crippen molar-refractivity contribution in [1.29, 1.82) is 0 Å². The largest absolute Gasteiger partial charge is 0.418 e.